The summed E-state index contributed by atoms with van der Waals surface area (Å²) >= 11 is 0. The number of carbonyl (C=O) groups excluding carboxylic acids is 3. The Morgan fingerprint density at radius 2 is 1.80 bits per heavy atom. The molecule has 1 saturated heterocycles. The summed E-state index contributed by atoms with van der Waals surface area (Å²) in [6.45, 7) is 4.18. The van der Waals surface area contributed by atoms with Crippen LogP contribution in [-0.2, 0) is 19.1 Å². The molecule has 0 saturated carbocycles. The zero-order valence-electron chi connectivity index (χ0n) is 21.3. The van der Waals surface area contributed by atoms with Crippen molar-refractivity contribution in [3.63, 3.8) is 0 Å². The molecule has 4 aliphatic heterocycles. The van der Waals surface area contributed by atoms with Crippen molar-refractivity contribution in [3.05, 3.63) is 77.6 Å². The van der Waals surface area contributed by atoms with Gasteiger partial charge in [-0.05, 0) is 11.6 Å². The number of hydrogen-bond donors (Lipinski definition) is 1. The number of imide groups is 1. The summed E-state index contributed by atoms with van der Waals surface area (Å²) in [5.74, 6) is -1.15. The molecule has 2 unspecified atom stereocenters. The number of ether oxygens (including phenoxy) is 1. The summed E-state index contributed by atoms with van der Waals surface area (Å²) < 4.78 is 11.1. The van der Waals surface area contributed by atoms with E-state index in [0.717, 1.165) is 11.3 Å². The van der Waals surface area contributed by atoms with Crippen LogP contribution in [0.2, 0.25) is 0 Å². The summed E-state index contributed by atoms with van der Waals surface area (Å²) in [6, 6.07) is 7.07. The predicted octanol–water partition coefficient (Wildman–Crippen LogP) is 3.21. The Morgan fingerprint density at radius 1 is 1.02 bits per heavy atom. The van der Waals surface area contributed by atoms with Gasteiger partial charge in [0.15, 0.2) is 0 Å². The van der Waals surface area contributed by atoms with Crippen molar-refractivity contribution in [2.75, 3.05) is 31.2 Å². The van der Waals surface area contributed by atoms with Crippen molar-refractivity contribution in [1.29, 1.82) is 0 Å². The Kier molecular flexibility index (Phi) is 7.26. The van der Waals surface area contributed by atoms with Crippen LogP contribution in [0.1, 0.15) is 29.5 Å². The van der Waals surface area contributed by atoms with Crippen LogP contribution in [0, 0.1) is 0 Å². The Bertz CT molecular complexity index is 1640. The number of halogens is 2. The van der Waals surface area contributed by atoms with Gasteiger partial charge in [0, 0.05) is 60.3 Å². The number of anilines is 1. The Labute approximate surface area is 241 Å². The van der Waals surface area contributed by atoms with E-state index >= 15 is 0 Å². The maximum atomic E-state index is 13.7. The monoisotopic (exact) mass is 581 g/mol. The van der Waals surface area contributed by atoms with Crippen LogP contribution in [-0.4, -0.2) is 65.7 Å². The molecule has 40 heavy (non-hydrogen) atoms. The van der Waals surface area contributed by atoms with E-state index in [0.29, 0.717) is 54.1 Å². The zero-order chi connectivity index (χ0) is 26.0. The SMILES string of the molecule is CC1c2cccc3c2N(C=CN=C3C2=C(c3cncc4ccoc34)C(=O)NC2=O)C1C(=O)N1CCOCC1.Cl.Cl. The van der Waals surface area contributed by atoms with Crippen LogP contribution in [0.25, 0.3) is 16.5 Å². The molecule has 0 spiro atoms. The first kappa shape index (κ1) is 27.6. The molecule has 0 aliphatic carbocycles. The molecule has 206 valence electrons. The summed E-state index contributed by atoms with van der Waals surface area (Å²) in [5.41, 5.74) is 4.02. The van der Waals surface area contributed by atoms with Crippen molar-refractivity contribution >= 4 is 70.5 Å². The molecule has 12 heteroatoms. The minimum absolute atomic E-state index is 0. The lowest BCUT2D eigenvalue weighted by molar-refractivity contribution is -0.136. The number of furan rings is 1. The molecule has 2 atom stereocenters. The zero-order valence-corrected chi connectivity index (χ0v) is 23.0. The van der Waals surface area contributed by atoms with E-state index in [2.05, 4.69) is 15.3 Å². The molecule has 0 radical (unpaired) electrons. The molecular weight excluding hydrogens is 557 g/mol. The molecule has 1 aromatic carbocycles. The highest BCUT2D eigenvalue weighted by molar-refractivity contribution is 6.48. The number of nitrogens with one attached hydrogen (secondary N) is 1. The summed E-state index contributed by atoms with van der Waals surface area (Å²) in [5, 5.41) is 3.15. The number of aliphatic imine (C=N–C) groups is 1. The number of amides is 3. The maximum absolute atomic E-state index is 13.7. The third-order valence-electron chi connectivity index (χ3n) is 7.65. The number of para-hydroxylation sites is 1. The number of rotatable bonds is 3. The lowest BCUT2D eigenvalue weighted by atomic mass is 9.91. The van der Waals surface area contributed by atoms with Gasteiger partial charge in [0.25, 0.3) is 11.8 Å². The third kappa shape index (κ3) is 4.02. The molecule has 1 fully saturated rings. The van der Waals surface area contributed by atoms with E-state index < -0.39 is 17.9 Å². The predicted molar refractivity (Wildman–Crippen MR) is 153 cm³/mol. The van der Waals surface area contributed by atoms with E-state index in [9.17, 15) is 14.4 Å². The van der Waals surface area contributed by atoms with E-state index in [-0.39, 0.29) is 47.8 Å². The first-order chi connectivity index (χ1) is 18.5. The molecule has 3 amide bonds. The normalized spacial score (nSPS) is 21.5. The second-order valence-corrected chi connectivity index (χ2v) is 9.66. The largest absolute Gasteiger partial charge is 0.464 e. The number of fused-ring (bicyclic) bond motifs is 1. The number of pyridine rings is 1. The number of carbonyl (C=O) groups is 3. The summed E-state index contributed by atoms with van der Waals surface area (Å²) in [7, 11) is 0. The van der Waals surface area contributed by atoms with Gasteiger partial charge in [-0.15, -0.1) is 24.8 Å². The van der Waals surface area contributed by atoms with Gasteiger partial charge in [-0.25, -0.2) is 0 Å². The number of hydrogen-bond acceptors (Lipinski definition) is 8. The van der Waals surface area contributed by atoms with Gasteiger partial charge < -0.3 is 19.0 Å². The first-order valence-electron chi connectivity index (χ1n) is 12.5. The highest BCUT2D eigenvalue weighted by Crippen LogP contribution is 2.46. The Balaban J connectivity index is 0.00000161. The number of aromatic nitrogens is 1. The van der Waals surface area contributed by atoms with Gasteiger partial charge in [-0.2, -0.15) is 0 Å². The van der Waals surface area contributed by atoms with Gasteiger partial charge in [0.1, 0.15) is 11.6 Å². The van der Waals surface area contributed by atoms with Crippen molar-refractivity contribution < 1.29 is 23.5 Å². The molecule has 4 aliphatic rings. The summed E-state index contributed by atoms with van der Waals surface area (Å²) in [4.78, 5) is 52.8. The number of morpholine rings is 1. The molecule has 7 rings (SSSR count). The average Bonchev–Trinajstić information content (AvgIpc) is 3.57. The van der Waals surface area contributed by atoms with E-state index in [1.165, 1.54) is 12.5 Å². The van der Waals surface area contributed by atoms with Gasteiger partial charge in [-0.3, -0.25) is 29.7 Å². The van der Waals surface area contributed by atoms with Crippen molar-refractivity contribution in [1.82, 2.24) is 15.2 Å². The minimum Gasteiger partial charge on any atom is -0.464 e. The van der Waals surface area contributed by atoms with Crippen LogP contribution in [0.5, 0.6) is 0 Å². The second kappa shape index (κ2) is 10.5. The first-order valence-corrected chi connectivity index (χ1v) is 12.5. The van der Waals surface area contributed by atoms with Crippen molar-refractivity contribution in [3.8, 4) is 0 Å². The fourth-order valence-electron chi connectivity index (χ4n) is 5.88. The van der Waals surface area contributed by atoms with Crippen LogP contribution >= 0.6 is 24.8 Å². The summed E-state index contributed by atoms with van der Waals surface area (Å²) in [6.07, 6.45) is 8.05. The standard InChI is InChI=1S/C28H23N5O5.2ClH/c1-15-17-3-2-4-18-22(30-6-7-33(24(17)18)23(15)28(36)32-8-11-37-12-9-32)21-20(26(34)31-27(21)35)19-14-29-13-16-5-10-38-25(16)19;;/h2-7,10,13-15,23H,8-9,11-12H2,1H3,(H,31,34,35);2*1H. The second-order valence-electron chi connectivity index (χ2n) is 9.66. The Hall–Kier alpha value is -3.99. The van der Waals surface area contributed by atoms with Crippen molar-refractivity contribution in [2.24, 2.45) is 4.99 Å². The minimum atomic E-state index is -0.543. The molecule has 3 aromatic rings. The van der Waals surface area contributed by atoms with Crippen LogP contribution in [0.4, 0.5) is 5.69 Å². The number of nitrogens with zero attached hydrogens (tertiary/aromatic N) is 4. The van der Waals surface area contributed by atoms with Gasteiger partial charge in [0.05, 0.1) is 42.0 Å². The third-order valence-corrected chi connectivity index (χ3v) is 7.65. The topological polar surface area (TPSA) is 117 Å². The molecule has 0 bridgehead atoms. The van der Waals surface area contributed by atoms with Gasteiger partial charge in [-0.1, -0.05) is 25.1 Å². The van der Waals surface area contributed by atoms with E-state index in [1.54, 1.807) is 24.7 Å². The van der Waals surface area contributed by atoms with E-state index in [1.807, 2.05) is 34.9 Å². The lowest BCUT2D eigenvalue weighted by Crippen LogP contribution is -2.50. The highest BCUT2D eigenvalue weighted by Gasteiger charge is 2.45. The van der Waals surface area contributed by atoms with Crippen LogP contribution < -0.4 is 10.2 Å². The number of benzene rings is 1. The quantitative estimate of drug-likeness (QED) is 0.472. The molecule has 2 aromatic heterocycles. The van der Waals surface area contributed by atoms with Gasteiger partial charge >= 0.3 is 0 Å². The van der Waals surface area contributed by atoms with Crippen LogP contribution in [0.15, 0.2) is 70.3 Å². The van der Waals surface area contributed by atoms with Gasteiger partial charge in [0.2, 0.25) is 5.91 Å². The fourth-order valence-corrected chi connectivity index (χ4v) is 5.88. The van der Waals surface area contributed by atoms with Crippen LogP contribution in [0.3, 0.4) is 0 Å². The maximum Gasteiger partial charge on any atom is 0.261 e. The molecule has 6 heterocycles. The average molecular weight is 582 g/mol. The highest BCUT2D eigenvalue weighted by atomic mass is 35.5. The Morgan fingerprint density at radius 3 is 2.60 bits per heavy atom. The molecule has 10 nitrogen and oxygen atoms in total. The molecule has 1 N–H and O–H groups in total. The molecular formula is C28H25Cl2N5O5. The lowest BCUT2D eigenvalue weighted by Gasteiger charge is -2.33. The van der Waals surface area contributed by atoms with E-state index in [4.69, 9.17) is 9.15 Å². The van der Waals surface area contributed by atoms with Crippen molar-refractivity contribution in [2.45, 2.75) is 18.9 Å². The fraction of sp³-hybridized carbons (Fsp3) is 0.250. The smallest absolute Gasteiger partial charge is 0.261 e.